The molecule has 1 heterocycles. The molecule has 2 N–H and O–H groups in total. The third kappa shape index (κ3) is 3.49. The molecule has 1 aromatic heterocycles. The first-order valence-corrected chi connectivity index (χ1v) is 7.05. The van der Waals surface area contributed by atoms with E-state index in [1.54, 1.807) is 7.11 Å². The minimum Gasteiger partial charge on any atom is -0.496 e. The molecule has 0 aliphatic rings. The fourth-order valence-corrected chi connectivity index (χ4v) is 2.30. The van der Waals surface area contributed by atoms with Crippen molar-refractivity contribution in [1.82, 2.24) is 4.98 Å². The Kier molecular flexibility index (Phi) is 4.98. The SMILES string of the molecule is COc1ccc(Br)cc1COc1ccc(C)nc1CN. The highest BCUT2D eigenvalue weighted by Crippen LogP contribution is 2.25. The molecule has 0 amide bonds. The first-order valence-electron chi connectivity index (χ1n) is 6.26. The highest BCUT2D eigenvalue weighted by atomic mass is 79.9. The second-order valence-corrected chi connectivity index (χ2v) is 5.26. The van der Waals surface area contributed by atoms with Gasteiger partial charge in [-0.1, -0.05) is 15.9 Å². The van der Waals surface area contributed by atoms with Crippen LogP contribution in [0.25, 0.3) is 0 Å². The summed E-state index contributed by atoms with van der Waals surface area (Å²) < 4.78 is 12.1. The van der Waals surface area contributed by atoms with Crippen molar-refractivity contribution < 1.29 is 9.47 Å². The zero-order valence-corrected chi connectivity index (χ0v) is 13.1. The molecule has 20 heavy (non-hydrogen) atoms. The first kappa shape index (κ1) is 14.8. The van der Waals surface area contributed by atoms with Gasteiger partial charge in [0.05, 0.1) is 12.8 Å². The molecule has 1 aromatic carbocycles. The van der Waals surface area contributed by atoms with E-state index in [4.69, 9.17) is 15.2 Å². The molecule has 0 saturated heterocycles. The van der Waals surface area contributed by atoms with Crippen molar-refractivity contribution in [1.29, 1.82) is 0 Å². The highest BCUT2D eigenvalue weighted by Gasteiger charge is 2.08. The molecule has 0 unspecified atom stereocenters. The van der Waals surface area contributed by atoms with Crippen LogP contribution in [0.2, 0.25) is 0 Å². The average molecular weight is 337 g/mol. The summed E-state index contributed by atoms with van der Waals surface area (Å²) in [6, 6.07) is 9.62. The zero-order valence-electron chi connectivity index (χ0n) is 11.5. The standard InChI is InChI=1S/C15H17BrN2O2/c1-10-3-5-15(13(8-17)18-10)20-9-11-7-12(16)4-6-14(11)19-2/h3-7H,8-9,17H2,1-2H3. The Morgan fingerprint density at radius 2 is 1.95 bits per heavy atom. The Labute approximate surface area is 127 Å². The van der Waals surface area contributed by atoms with Gasteiger partial charge in [-0.15, -0.1) is 0 Å². The Bertz CT molecular complexity index is 602. The maximum Gasteiger partial charge on any atom is 0.142 e. The summed E-state index contributed by atoms with van der Waals surface area (Å²) in [5.41, 5.74) is 8.35. The monoisotopic (exact) mass is 336 g/mol. The molecule has 2 aromatic rings. The summed E-state index contributed by atoms with van der Waals surface area (Å²) in [5.74, 6) is 1.50. The van der Waals surface area contributed by atoms with E-state index < -0.39 is 0 Å². The number of methoxy groups -OCH3 is 1. The lowest BCUT2D eigenvalue weighted by molar-refractivity contribution is 0.292. The molecule has 106 valence electrons. The largest absolute Gasteiger partial charge is 0.496 e. The summed E-state index contributed by atoms with van der Waals surface area (Å²) >= 11 is 3.45. The molecular formula is C15H17BrN2O2. The van der Waals surface area contributed by atoms with E-state index in [2.05, 4.69) is 20.9 Å². The molecule has 0 saturated carbocycles. The summed E-state index contributed by atoms with van der Waals surface area (Å²) in [5, 5.41) is 0. The minimum absolute atomic E-state index is 0.354. The number of hydrogen-bond acceptors (Lipinski definition) is 4. The van der Waals surface area contributed by atoms with E-state index in [9.17, 15) is 0 Å². The first-order chi connectivity index (χ1) is 9.63. The molecule has 4 nitrogen and oxygen atoms in total. The lowest BCUT2D eigenvalue weighted by Gasteiger charge is -2.13. The summed E-state index contributed by atoms with van der Waals surface area (Å²) in [7, 11) is 1.64. The molecule has 0 aliphatic heterocycles. The second-order valence-electron chi connectivity index (χ2n) is 4.35. The summed E-state index contributed by atoms with van der Waals surface area (Å²) in [4.78, 5) is 4.37. The van der Waals surface area contributed by atoms with Gasteiger partial charge in [0.15, 0.2) is 0 Å². The number of aryl methyl sites for hydroxylation is 1. The molecular weight excluding hydrogens is 320 g/mol. The Hall–Kier alpha value is -1.59. The molecule has 2 rings (SSSR count). The van der Waals surface area contributed by atoms with Crippen LogP contribution in [-0.4, -0.2) is 12.1 Å². The van der Waals surface area contributed by atoms with Gasteiger partial charge in [-0.05, 0) is 37.3 Å². The van der Waals surface area contributed by atoms with Crippen LogP contribution in [0.4, 0.5) is 0 Å². The maximum absolute atomic E-state index is 5.82. The third-order valence-corrected chi connectivity index (χ3v) is 3.38. The zero-order chi connectivity index (χ0) is 14.5. The van der Waals surface area contributed by atoms with Gasteiger partial charge in [0.2, 0.25) is 0 Å². The Morgan fingerprint density at radius 3 is 2.65 bits per heavy atom. The van der Waals surface area contributed by atoms with Crippen molar-refractivity contribution in [3.8, 4) is 11.5 Å². The maximum atomic E-state index is 5.82. The van der Waals surface area contributed by atoms with Crippen LogP contribution in [0.1, 0.15) is 17.0 Å². The van der Waals surface area contributed by atoms with Gasteiger partial charge in [-0.25, -0.2) is 0 Å². The van der Waals surface area contributed by atoms with Crippen LogP contribution in [0, 0.1) is 6.92 Å². The van der Waals surface area contributed by atoms with E-state index >= 15 is 0 Å². The predicted octanol–water partition coefficient (Wildman–Crippen LogP) is 3.20. The quantitative estimate of drug-likeness (QED) is 0.910. The van der Waals surface area contributed by atoms with E-state index in [-0.39, 0.29) is 0 Å². The summed E-state index contributed by atoms with van der Waals surface area (Å²) in [6.45, 7) is 2.69. The number of rotatable bonds is 5. The molecule has 0 fully saturated rings. The number of halogens is 1. The molecule has 0 aliphatic carbocycles. The second kappa shape index (κ2) is 6.72. The molecule has 5 heteroatoms. The molecule has 0 bridgehead atoms. The van der Waals surface area contributed by atoms with Crippen LogP contribution in [0.3, 0.4) is 0 Å². The number of nitrogens with zero attached hydrogens (tertiary/aromatic N) is 1. The number of hydrogen-bond donors (Lipinski definition) is 1. The van der Waals surface area contributed by atoms with Crippen molar-refractivity contribution in [2.45, 2.75) is 20.1 Å². The highest BCUT2D eigenvalue weighted by molar-refractivity contribution is 9.10. The third-order valence-electron chi connectivity index (χ3n) is 2.89. The molecule has 0 atom stereocenters. The van der Waals surface area contributed by atoms with Crippen LogP contribution < -0.4 is 15.2 Å². The summed E-state index contributed by atoms with van der Waals surface area (Å²) in [6.07, 6.45) is 0. The predicted molar refractivity (Wildman–Crippen MR) is 81.9 cm³/mol. The normalized spacial score (nSPS) is 10.4. The fourth-order valence-electron chi connectivity index (χ4n) is 1.89. The van der Waals surface area contributed by atoms with E-state index in [1.165, 1.54) is 0 Å². The number of benzene rings is 1. The van der Waals surface area contributed by atoms with Crippen molar-refractivity contribution in [2.24, 2.45) is 5.73 Å². The average Bonchev–Trinajstić information content (AvgIpc) is 2.46. The van der Waals surface area contributed by atoms with Gasteiger partial charge in [0, 0.05) is 22.3 Å². The van der Waals surface area contributed by atoms with Crippen molar-refractivity contribution in [2.75, 3.05) is 7.11 Å². The van der Waals surface area contributed by atoms with Gasteiger partial charge in [-0.2, -0.15) is 0 Å². The van der Waals surface area contributed by atoms with Gasteiger partial charge in [-0.3, -0.25) is 4.98 Å². The van der Waals surface area contributed by atoms with Crippen molar-refractivity contribution in [3.05, 3.63) is 51.8 Å². The van der Waals surface area contributed by atoms with Crippen LogP contribution >= 0.6 is 15.9 Å². The number of nitrogens with two attached hydrogens (primary N) is 1. The van der Waals surface area contributed by atoms with E-state index in [0.717, 1.165) is 27.2 Å². The smallest absolute Gasteiger partial charge is 0.142 e. The molecule has 0 radical (unpaired) electrons. The van der Waals surface area contributed by atoms with E-state index in [0.29, 0.717) is 18.9 Å². The van der Waals surface area contributed by atoms with Crippen molar-refractivity contribution >= 4 is 15.9 Å². The number of ether oxygens (including phenoxy) is 2. The Morgan fingerprint density at radius 1 is 1.20 bits per heavy atom. The van der Waals surface area contributed by atoms with Gasteiger partial charge in [0.25, 0.3) is 0 Å². The fraction of sp³-hybridized carbons (Fsp3) is 0.267. The van der Waals surface area contributed by atoms with Crippen molar-refractivity contribution in [3.63, 3.8) is 0 Å². The van der Waals surface area contributed by atoms with Crippen LogP contribution in [0.15, 0.2) is 34.8 Å². The lowest BCUT2D eigenvalue weighted by atomic mass is 10.2. The van der Waals surface area contributed by atoms with Gasteiger partial charge < -0.3 is 15.2 Å². The Balaban J connectivity index is 2.18. The minimum atomic E-state index is 0.354. The van der Waals surface area contributed by atoms with Crippen LogP contribution in [0.5, 0.6) is 11.5 Å². The van der Waals surface area contributed by atoms with Gasteiger partial charge >= 0.3 is 0 Å². The molecule has 0 spiro atoms. The number of aromatic nitrogens is 1. The van der Waals surface area contributed by atoms with E-state index in [1.807, 2.05) is 37.3 Å². The number of pyridine rings is 1. The van der Waals surface area contributed by atoms with Gasteiger partial charge in [0.1, 0.15) is 18.1 Å². The lowest BCUT2D eigenvalue weighted by Crippen LogP contribution is -2.06. The topological polar surface area (TPSA) is 57.4 Å². The van der Waals surface area contributed by atoms with Crippen LogP contribution in [-0.2, 0) is 13.2 Å².